The van der Waals surface area contributed by atoms with Crippen LogP contribution in [0.5, 0.6) is 0 Å². The minimum Gasteiger partial charge on any atom is -0.351 e. The first-order valence-corrected chi connectivity index (χ1v) is 9.25. The molecule has 2 N–H and O–H groups in total. The lowest BCUT2D eigenvalue weighted by Crippen LogP contribution is -2.64. The second-order valence-corrected chi connectivity index (χ2v) is 7.47. The van der Waals surface area contributed by atoms with Gasteiger partial charge in [0.15, 0.2) is 0 Å². The largest absolute Gasteiger partial charge is 0.351 e. The number of rotatable bonds is 3. The number of fused-ring (bicyclic) bond motifs is 3. The third-order valence-corrected chi connectivity index (χ3v) is 5.71. The molecule has 0 radical (unpaired) electrons. The fourth-order valence-electron chi connectivity index (χ4n) is 4.33. The summed E-state index contributed by atoms with van der Waals surface area (Å²) in [6, 6.07) is 7.23. The molecule has 1 unspecified atom stereocenters. The summed E-state index contributed by atoms with van der Waals surface area (Å²) in [5.41, 5.74) is 0.341. The summed E-state index contributed by atoms with van der Waals surface area (Å²) in [6.45, 7) is 3.57. The molecule has 4 rings (SSSR count). The van der Waals surface area contributed by atoms with E-state index in [9.17, 15) is 14.4 Å². The lowest BCUT2D eigenvalue weighted by molar-refractivity contribution is -0.124. The van der Waals surface area contributed by atoms with E-state index in [0.717, 1.165) is 25.9 Å². The zero-order valence-corrected chi connectivity index (χ0v) is 16.2. The highest BCUT2D eigenvalue weighted by atomic mass is 35.5. The fourth-order valence-corrected chi connectivity index (χ4v) is 4.33. The Kier molecular flexibility index (Phi) is 5.44. The van der Waals surface area contributed by atoms with Gasteiger partial charge in [-0.3, -0.25) is 19.3 Å². The van der Waals surface area contributed by atoms with Gasteiger partial charge in [-0.15, -0.1) is 12.4 Å². The van der Waals surface area contributed by atoms with Crippen molar-refractivity contribution in [3.8, 4) is 0 Å². The van der Waals surface area contributed by atoms with E-state index >= 15 is 0 Å². The number of hydrogen-bond donors (Lipinski definition) is 2. The normalized spacial score (nSPS) is 26.9. The summed E-state index contributed by atoms with van der Waals surface area (Å²) < 4.78 is 0. The monoisotopic (exact) mass is 392 g/mol. The molecule has 0 spiro atoms. The first kappa shape index (κ1) is 19.6. The summed E-state index contributed by atoms with van der Waals surface area (Å²) in [6.07, 6.45) is 2.88. The molecule has 7 nitrogen and oxygen atoms in total. The van der Waals surface area contributed by atoms with Gasteiger partial charge in [0.25, 0.3) is 5.91 Å². The molecular weight excluding hydrogens is 368 g/mol. The summed E-state index contributed by atoms with van der Waals surface area (Å²) in [5.74, 6) is -0.368. The summed E-state index contributed by atoms with van der Waals surface area (Å²) in [7, 11) is 0. The number of nitrogens with zero attached hydrogens (tertiary/aromatic N) is 2. The lowest BCUT2D eigenvalue weighted by atomic mass is 9.98. The molecule has 3 aliphatic heterocycles. The van der Waals surface area contributed by atoms with Crippen LogP contribution in [0.2, 0.25) is 0 Å². The second-order valence-electron chi connectivity index (χ2n) is 7.47. The van der Waals surface area contributed by atoms with E-state index in [0.29, 0.717) is 24.1 Å². The molecule has 3 amide bonds. The van der Waals surface area contributed by atoms with E-state index in [1.165, 1.54) is 0 Å². The Morgan fingerprint density at radius 2 is 2.11 bits per heavy atom. The van der Waals surface area contributed by atoms with Crippen LogP contribution in [-0.2, 0) is 9.59 Å². The average molecular weight is 393 g/mol. The van der Waals surface area contributed by atoms with Crippen LogP contribution in [0.1, 0.15) is 43.0 Å². The predicted molar refractivity (Wildman–Crippen MR) is 104 cm³/mol. The second kappa shape index (κ2) is 7.48. The van der Waals surface area contributed by atoms with Crippen LogP contribution in [0.3, 0.4) is 0 Å². The maximum Gasteiger partial charge on any atom is 0.258 e. The van der Waals surface area contributed by atoms with Crippen molar-refractivity contribution in [1.29, 1.82) is 0 Å². The van der Waals surface area contributed by atoms with Crippen molar-refractivity contribution in [3.63, 3.8) is 0 Å². The number of carbonyl (C=O) groups is 3. The molecule has 27 heavy (non-hydrogen) atoms. The van der Waals surface area contributed by atoms with Crippen molar-refractivity contribution >= 4 is 35.8 Å². The first-order valence-electron chi connectivity index (χ1n) is 9.25. The highest BCUT2D eigenvalue weighted by Gasteiger charge is 2.53. The Morgan fingerprint density at radius 1 is 1.33 bits per heavy atom. The number of anilines is 1. The topological polar surface area (TPSA) is 81.8 Å². The van der Waals surface area contributed by atoms with E-state index < -0.39 is 5.66 Å². The summed E-state index contributed by atoms with van der Waals surface area (Å²) in [5, 5.41) is 6.29. The number of benzene rings is 1. The molecule has 3 heterocycles. The van der Waals surface area contributed by atoms with Gasteiger partial charge in [-0.25, -0.2) is 0 Å². The maximum atomic E-state index is 13.1. The smallest absolute Gasteiger partial charge is 0.258 e. The molecule has 1 aromatic carbocycles. The lowest BCUT2D eigenvalue weighted by Gasteiger charge is -2.48. The third kappa shape index (κ3) is 3.30. The molecule has 8 heteroatoms. The minimum absolute atomic E-state index is 0. The van der Waals surface area contributed by atoms with Crippen LogP contribution in [-0.4, -0.2) is 54.0 Å². The van der Waals surface area contributed by atoms with Gasteiger partial charge in [0.05, 0.1) is 11.3 Å². The molecule has 2 saturated heterocycles. The van der Waals surface area contributed by atoms with Gasteiger partial charge in [0, 0.05) is 19.0 Å². The van der Waals surface area contributed by atoms with Crippen molar-refractivity contribution < 1.29 is 14.4 Å². The summed E-state index contributed by atoms with van der Waals surface area (Å²) >= 11 is 0. The average Bonchev–Trinajstić information content (AvgIpc) is 2.95. The third-order valence-electron chi connectivity index (χ3n) is 5.71. The van der Waals surface area contributed by atoms with Crippen LogP contribution in [0.25, 0.3) is 0 Å². The Labute approximate surface area is 164 Å². The van der Waals surface area contributed by atoms with Gasteiger partial charge in [-0.05, 0) is 44.9 Å². The molecular formula is C19H25ClN4O3. The number of amides is 3. The molecule has 1 aromatic rings. The number of carbonyl (C=O) groups excluding carboxylic acids is 3. The van der Waals surface area contributed by atoms with E-state index in [4.69, 9.17) is 0 Å². The van der Waals surface area contributed by atoms with Crippen LogP contribution in [0.4, 0.5) is 5.69 Å². The molecule has 146 valence electrons. The summed E-state index contributed by atoms with van der Waals surface area (Å²) in [4.78, 5) is 41.5. The quantitative estimate of drug-likeness (QED) is 0.811. The molecule has 0 aliphatic carbocycles. The zero-order valence-electron chi connectivity index (χ0n) is 15.4. The SMILES string of the molecule is CC12CCC(=O)N1c1ccccc1C(=O)N2CC(=O)N[C@H]1CCCNC1.Cl. The maximum absolute atomic E-state index is 13.1. The number of hydrogen-bond acceptors (Lipinski definition) is 4. The number of nitrogens with one attached hydrogen (secondary N) is 2. The highest BCUT2D eigenvalue weighted by Crippen LogP contribution is 2.43. The molecule has 3 aliphatic rings. The molecule has 0 bridgehead atoms. The Balaban J connectivity index is 0.00000210. The fraction of sp³-hybridized carbons (Fsp3) is 0.526. The predicted octanol–water partition coefficient (Wildman–Crippen LogP) is 1.28. The van der Waals surface area contributed by atoms with Gasteiger partial charge in [-0.2, -0.15) is 0 Å². The van der Waals surface area contributed by atoms with E-state index in [1.54, 1.807) is 28.0 Å². The van der Waals surface area contributed by atoms with Gasteiger partial charge in [-0.1, -0.05) is 12.1 Å². The van der Waals surface area contributed by atoms with E-state index in [-0.39, 0.29) is 42.7 Å². The van der Waals surface area contributed by atoms with E-state index in [2.05, 4.69) is 10.6 Å². The highest BCUT2D eigenvalue weighted by molar-refractivity contribution is 6.11. The zero-order chi connectivity index (χ0) is 18.3. The standard InChI is InChI=1S/C19H24N4O3.ClH/c1-19-9-8-17(25)23(19)15-7-3-2-6-14(15)18(26)22(19)12-16(24)21-13-5-4-10-20-11-13;/h2-3,6-7,13,20H,4-5,8-12H2,1H3,(H,21,24);1H/t13-,19?;/m0./s1. The van der Waals surface area contributed by atoms with Gasteiger partial charge < -0.3 is 15.5 Å². The van der Waals surface area contributed by atoms with Crippen LogP contribution < -0.4 is 15.5 Å². The van der Waals surface area contributed by atoms with Crippen molar-refractivity contribution in [2.24, 2.45) is 0 Å². The molecule has 2 atom stereocenters. The van der Waals surface area contributed by atoms with Crippen LogP contribution in [0.15, 0.2) is 24.3 Å². The Bertz CT molecular complexity index is 765. The molecule has 0 saturated carbocycles. The van der Waals surface area contributed by atoms with Crippen LogP contribution >= 0.6 is 12.4 Å². The molecule has 2 fully saturated rings. The van der Waals surface area contributed by atoms with Crippen molar-refractivity contribution in [2.75, 3.05) is 24.5 Å². The minimum atomic E-state index is -0.787. The Hall–Kier alpha value is -2.12. The van der Waals surface area contributed by atoms with Crippen LogP contribution in [0, 0.1) is 0 Å². The Morgan fingerprint density at radius 3 is 2.85 bits per heavy atom. The first-order chi connectivity index (χ1) is 12.5. The van der Waals surface area contributed by atoms with E-state index in [1.807, 2.05) is 13.0 Å². The number of para-hydroxylation sites is 1. The molecule has 0 aromatic heterocycles. The number of halogens is 1. The number of piperidine rings is 1. The van der Waals surface area contributed by atoms with Gasteiger partial charge in [0.1, 0.15) is 12.2 Å². The van der Waals surface area contributed by atoms with Crippen molar-refractivity contribution in [1.82, 2.24) is 15.5 Å². The van der Waals surface area contributed by atoms with Gasteiger partial charge >= 0.3 is 0 Å². The van der Waals surface area contributed by atoms with Gasteiger partial charge in [0.2, 0.25) is 11.8 Å². The van der Waals surface area contributed by atoms with Crippen molar-refractivity contribution in [2.45, 2.75) is 44.3 Å². The van der Waals surface area contributed by atoms with Crippen molar-refractivity contribution in [3.05, 3.63) is 29.8 Å².